The lowest BCUT2D eigenvalue weighted by Crippen LogP contribution is -2.53. The van der Waals surface area contributed by atoms with Crippen molar-refractivity contribution in [2.45, 2.75) is 12.8 Å². The van der Waals surface area contributed by atoms with Crippen LogP contribution in [0.1, 0.15) is 12.8 Å². The van der Waals surface area contributed by atoms with E-state index in [0.29, 0.717) is 13.1 Å². The summed E-state index contributed by atoms with van der Waals surface area (Å²) < 4.78 is 27.0. The van der Waals surface area contributed by atoms with E-state index >= 15 is 0 Å². The van der Waals surface area contributed by atoms with E-state index in [1.165, 1.54) is 22.7 Å². The zero-order valence-electron chi connectivity index (χ0n) is 13.2. The van der Waals surface area contributed by atoms with Gasteiger partial charge in [-0.25, -0.2) is 0 Å². The van der Waals surface area contributed by atoms with Gasteiger partial charge in [0, 0.05) is 53.4 Å². The van der Waals surface area contributed by atoms with E-state index in [-0.39, 0.29) is 11.8 Å². The van der Waals surface area contributed by atoms with E-state index in [2.05, 4.69) is 4.90 Å². The summed E-state index contributed by atoms with van der Waals surface area (Å²) in [7, 11) is 1.69. The van der Waals surface area contributed by atoms with Crippen molar-refractivity contribution in [3.8, 4) is 0 Å². The fourth-order valence-electron chi connectivity index (χ4n) is 2.87. The lowest BCUT2D eigenvalue weighted by molar-refractivity contribution is -0.138. The summed E-state index contributed by atoms with van der Waals surface area (Å²) in [6.45, 7) is 4.08. The molecule has 0 radical (unpaired) electrons. The van der Waals surface area contributed by atoms with Gasteiger partial charge >= 0.3 is 0 Å². The van der Waals surface area contributed by atoms with Crippen LogP contribution in [0, 0.1) is 5.92 Å². The topological polar surface area (TPSA) is 64.2 Å². The van der Waals surface area contributed by atoms with Crippen LogP contribution in [0.15, 0.2) is 0 Å². The Bertz CT molecular complexity index is 472. The monoisotopic (exact) mass is 318 g/mol. The Morgan fingerprint density at radius 2 is 1.71 bits per heavy atom. The van der Waals surface area contributed by atoms with E-state index in [1.54, 1.807) is 0 Å². The van der Waals surface area contributed by atoms with Gasteiger partial charge in [0.2, 0.25) is 5.91 Å². The summed E-state index contributed by atoms with van der Waals surface area (Å²) in [4.78, 5) is 16.7. The molecule has 2 fully saturated rings. The predicted octanol–water partition coefficient (Wildman–Crippen LogP) is -0.721. The highest BCUT2D eigenvalue weighted by molar-refractivity contribution is 7.86. The zero-order chi connectivity index (χ0) is 15.6. The van der Waals surface area contributed by atoms with Gasteiger partial charge in [0.1, 0.15) is 0 Å². The molecular formula is C13H26N4O3S. The Hall–Kier alpha value is -0.700. The normalized spacial score (nSPS) is 26.3. The fraction of sp³-hybridized carbons (Fsp3) is 0.923. The molecule has 0 aromatic heterocycles. The van der Waals surface area contributed by atoms with Gasteiger partial charge in [0.05, 0.1) is 5.92 Å². The maximum atomic E-state index is 12.6. The van der Waals surface area contributed by atoms with Crippen LogP contribution in [0.3, 0.4) is 0 Å². The molecule has 0 N–H and O–H groups in total. The summed E-state index contributed by atoms with van der Waals surface area (Å²) in [5.74, 6) is -0.0846. The number of likely N-dealkylation sites (N-methyl/N-ethyl adjacent to an activating group) is 1. The maximum absolute atomic E-state index is 12.6. The van der Waals surface area contributed by atoms with Gasteiger partial charge in [-0.2, -0.15) is 17.0 Å². The Labute approximate surface area is 127 Å². The van der Waals surface area contributed by atoms with Gasteiger partial charge in [-0.1, -0.05) is 0 Å². The van der Waals surface area contributed by atoms with Crippen molar-refractivity contribution in [1.82, 2.24) is 18.4 Å². The average molecular weight is 318 g/mol. The van der Waals surface area contributed by atoms with Crippen molar-refractivity contribution >= 4 is 16.1 Å². The molecule has 0 aliphatic carbocycles. The SMILES string of the molecule is CN1CCN(C(=O)C2CCCN(S(=O)(=O)N(C)C)C2)CC1. The number of piperidine rings is 1. The van der Waals surface area contributed by atoms with Crippen LogP contribution in [0.5, 0.6) is 0 Å². The lowest BCUT2D eigenvalue weighted by Gasteiger charge is -2.38. The van der Waals surface area contributed by atoms with E-state index in [4.69, 9.17) is 0 Å². The average Bonchev–Trinajstić information content (AvgIpc) is 2.47. The van der Waals surface area contributed by atoms with Crippen molar-refractivity contribution in [1.29, 1.82) is 0 Å². The summed E-state index contributed by atoms with van der Waals surface area (Å²) in [6, 6.07) is 0. The number of rotatable bonds is 3. The Morgan fingerprint density at radius 3 is 2.29 bits per heavy atom. The van der Waals surface area contributed by atoms with Crippen molar-refractivity contribution in [3.05, 3.63) is 0 Å². The number of piperazine rings is 1. The minimum Gasteiger partial charge on any atom is -0.340 e. The van der Waals surface area contributed by atoms with Crippen LogP contribution in [-0.2, 0) is 15.0 Å². The van der Waals surface area contributed by atoms with E-state index in [0.717, 1.165) is 39.0 Å². The van der Waals surface area contributed by atoms with Gasteiger partial charge in [-0.15, -0.1) is 0 Å². The third kappa shape index (κ3) is 3.74. The van der Waals surface area contributed by atoms with E-state index in [1.807, 2.05) is 11.9 Å². The van der Waals surface area contributed by atoms with E-state index in [9.17, 15) is 13.2 Å². The van der Waals surface area contributed by atoms with Gasteiger partial charge < -0.3 is 9.80 Å². The van der Waals surface area contributed by atoms with Gasteiger partial charge in [0.15, 0.2) is 0 Å². The number of hydrogen-bond donors (Lipinski definition) is 0. The molecule has 1 unspecified atom stereocenters. The number of nitrogens with zero attached hydrogens (tertiary/aromatic N) is 4. The van der Waals surface area contributed by atoms with Crippen molar-refractivity contribution in [3.63, 3.8) is 0 Å². The Balaban J connectivity index is 1.99. The van der Waals surface area contributed by atoms with Crippen molar-refractivity contribution in [2.75, 3.05) is 60.4 Å². The molecule has 0 saturated carbocycles. The first-order valence-electron chi connectivity index (χ1n) is 7.47. The molecule has 2 heterocycles. The third-order valence-electron chi connectivity index (χ3n) is 4.34. The second kappa shape index (κ2) is 6.60. The largest absolute Gasteiger partial charge is 0.340 e. The van der Waals surface area contributed by atoms with Gasteiger partial charge in [-0.3, -0.25) is 4.79 Å². The molecule has 8 heteroatoms. The highest BCUT2D eigenvalue weighted by atomic mass is 32.2. The first-order chi connectivity index (χ1) is 9.82. The Kier molecular flexibility index (Phi) is 5.24. The van der Waals surface area contributed by atoms with Crippen LogP contribution >= 0.6 is 0 Å². The molecule has 2 aliphatic rings. The number of amides is 1. The molecule has 7 nitrogen and oxygen atoms in total. The molecule has 0 aromatic carbocycles. The summed E-state index contributed by atoms with van der Waals surface area (Å²) in [5.41, 5.74) is 0. The van der Waals surface area contributed by atoms with Crippen LogP contribution in [0.25, 0.3) is 0 Å². The summed E-state index contributed by atoms with van der Waals surface area (Å²) >= 11 is 0. The number of carbonyl (C=O) groups is 1. The quantitative estimate of drug-likeness (QED) is 0.689. The van der Waals surface area contributed by atoms with Crippen LogP contribution in [-0.4, -0.2) is 93.1 Å². The van der Waals surface area contributed by atoms with Crippen molar-refractivity contribution in [2.24, 2.45) is 5.92 Å². The first-order valence-corrected chi connectivity index (χ1v) is 8.87. The zero-order valence-corrected chi connectivity index (χ0v) is 14.0. The van der Waals surface area contributed by atoms with E-state index < -0.39 is 10.2 Å². The molecule has 1 atom stereocenters. The second-order valence-electron chi connectivity index (χ2n) is 6.12. The number of carbonyl (C=O) groups excluding carboxylic acids is 1. The lowest BCUT2D eigenvalue weighted by atomic mass is 9.98. The van der Waals surface area contributed by atoms with Crippen LogP contribution in [0.4, 0.5) is 0 Å². The molecular weight excluding hydrogens is 292 g/mol. The number of hydrogen-bond acceptors (Lipinski definition) is 4. The standard InChI is InChI=1S/C13H26N4O3S/c1-14(2)21(19,20)17-6-4-5-12(11-17)13(18)16-9-7-15(3)8-10-16/h12H,4-11H2,1-3H3. The third-order valence-corrected chi connectivity index (χ3v) is 6.24. The molecule has 0 aromatic rings. The minimum atomic E-state index is -3.42. The fourth-order valence-corrected chi connectivity index (χ4v) is 4.06. The second-order valence-corrected chi connectivity index (χ2v) is 8.26. The highest BCUT2D eigenvalue weighted by Gasteiger charge is 2.35. The summed E-state index contributed by atoms with van der Waals surface area (Å²) in [6.07, 6.45) is 1.53. The first kappa shape index (κ1) is 16.7. The molecule has 2 saturated heterocycles. The van der Waals surface area contributed by atoms with Gasteiger partial charge in [-0.05, 0) is 19.9 Å². The molecule has 2 aliphatic heterocycles. The molecule has 21 heavy (non-hydrogen) atoms. The summed E-state index contributed by atoms with van der Waals surface area (Å²) in [5, 5.41) is 0. The molecule has 0 bridgehead atoms. The highest BCUT2D eigenvalue weighted by Crippen LogP contribution is 2.22. The van der Waals surface area contributed by atoms with Crippen LogP contribution in [0.2, 0.25) is 0 Å². The van der Waals surface area contributed by atoms with Gasteiger partial charge in [0.25, 0.3) is 10.2 Å². The smallest absolute Gasteiger partial charge is 0.281 e. The minimum absolute atomic E-state index is 0.113. The molecule has 1 amide bonds. The predicted molar refractivity (Wildman–Crippen MR) is 81.0 cm³/mol. The maximum Gasteiger partial charge on any atom is 0.281 e. The Morgan fingerprint density at radius 1 is 1.10 bits per heavy atom. The molecule has 122 valence electrons. The van der Waals surface area contributed by atoms with Crippen LogP contribution < -0.4 is 0 Å². The molecule has 0 spiro atoms. The molecule has 2 rings (SSSR count). The van der Waals surface area contributed by atoms with Crippen molar-refractivity contribution < 1.29 is 13.2 Å².